The maximum atomic E-state index is 7.33. The molecule has 0 aromatic heterocycles. The Bertz CT molecular complexity index is 1420. The standard InChI is InChI=1S/2C6H3Cl3O.3C6H5.Bi/c2*7-3-1-4(8)6(10)5(9)2-3;3*1-2-4-6-5-3-1;/h2*1-2,10H;3*1-5H;/q;;;;;+2/p-2. The Morgan fingerprint density at radius 3 is 0.897 bits per heavy atom. The van der Waals surface area contributed by atoms with Crippen molar-refractivity contribution in [3.8, 4) is 11.5 Å². The molecule has 0 saturated heterocycles. The summed E-state index contributed by atoms with van der Waals surface area (Å²) < 4.78 is 17.0. The number of benzene rings is 5. The zero-order chi connectivity index (χ0) is 27.6. The summed E-state index contributed by atoms with van der Waals surface area (Å²) >= 11 is 33.6. The van der Waals surface area contributed by atoms with Crippen molar-refractivity contribution in [3.63, 3.8) is 0 Å². The van der Waals surface area contributed by atoms with Crippen LogP contribution in [0.15, 0.2) is 115 Å². The topological polar surface area (TPSA) is 18.5 Å². The normalized spacial score (nSPS) is 12.4. The predicted molar refractivity (Wildman–Crippen MR) is 168 cm³/mol. The molecule has 39 heavy (non-hydrogen) atoms. The van der Waals surface area contributed by atoms with Gasteiger partial charge < -0.3 is 0 Å². The molecule has 0 amide bonds. The van der Waals surface area contributed by atoms with Crippen molar-refractivity contribution in [1.29, 1.82) is 0 Å². The van der Waals surface area contributed by atoms with Crippen LogP contribution in [0.1, 0.15) is 0 Å². The monoisotopic (exact) mass is 830 g/mol. The average Bonchev–Trinajstić information content (AvgIpc) is 2.93. The van der Waals surface area contributed by atoms with Crippen molar-refractivity contribution in [2.75, 3.05) is 0 Å². The number of rotatable bonds is 7. The first kappa shape index (κ1) is 28.8. The molecule has 5 aromatic rings. The second-order valence-corrected chi connectivity index (χ2v) is 25.9. The second-order valence-electron chi connectivity index (χ2n) is 8.54. The van der Waals surface area contributed by atoms with E-state index in [0.717, 1.165) is 9.81 Å². The van der Waals surface area contributed by atoms with Crippen LogP contribution in [-0.2, 0) is 0 Å². The zero-order valence-electron chi connectivity index (χ0n) is 20.0. The molecule has 0 aliphatic carbocycles. The van der Waals surface area contributed by atoms with E-state index in [1.54, 1.807) is 24.3 Å². The van der Waals surface area contributed by atoms with Crippen LogP contribution in [0.2, 0.25) is 30.1 Å². The molecule has 0 spiro atoms. The van der Waals surface area contributed by atoms with Crippen molar-refractivity contribution in [3.05, 3.63) is 145 Å². The van der Waals surface area contributed by atoms with Gasteiger partial charge in [-0.25, -0.2) is 0 Å². The van der Waals surface area contributed by atoms with Gasteiger partial charge in [0.15, 0.2) is 0 Å². The summed E-state index contributed by atoms with van der Waals surface area (Å²) in [4.78, 5) is 0. The van der Waals surface area contributed by atoms with E-state index >= 15 is 0 Å². The van der Waals surface area contributed by atoms with Gasteiger partial charge in [0, 0.05) is 0 Å². The van der Waals surface area contributed by atoms with E-state index in [-0.39, 0.29) is 31.6 Å². The van der Waals surface area contributed by atoms with Gasteiger partial charge in [-0.2, -0.15) is 0 Å². The molecule has 0 heterocycles. The van der Waals surface area contributed by atoms with E-state index in [9.17, 15) is 0 Å². The van der Waals surface area contributed by atoms with Crippen LogP contribution in [-0.4, -0.2) is 19.7 Å². The molecule has 0 aliphatic heterocycles. The molecule has 0 aliphatic rings. The molecule has 0 saturated carbocycles. The summed E-state index contributed by atoms with van der Waals surface area (Å²) in [6.07, 6.45) is 0. The van der Waals surface area contributed by atoms with E-state index in [4.69, 9.17) is 75.2 Å². The van der Waals surface area contributed by atoms with E-state index in [2.05, 4.69) is 0 Å². The molecule has 0 unspecified atom stereocenters. The first-order valence-corrected chi connectivity index (χ1v) is 21.9. The summed E-state index contributed by atoms with van der Waals surface area (Å²) in [7, 11) is 0. The molecule has 2 nitrogen and oxygen atoms in total. The third-order valence-electron chi connectivity index (χ3n) is 6.13. The Morgan fingerprint density at radius 2 is 0.641 bits per heavy atom. The van der Waals surface area contributed by atoms with Gasteiger partial charge in [0.25, 0.3) is 0 Å². The van der Waals surface area contributed by atoms with Crippen LogP contribution >= 0.6 is 69.6 Å². The fourth-order valence-corrected chi connectivity index (χ4v) is 25.8. The molecule has 5 aromatic carbocycles. The van der Waals surface area contributed by atoms with E-state index in [1.807, 2.05) is 91.0 Å². The first-order chi connectivity index (χ1) is 18.7. The molecule has 0 N–H and O–H groups in total. The van der Waals surface area contributed by atoms with Gasteiger partial charge in [-0.3, -0.25) is 0 Å². The number of hydrogen-bond donors (Lipinski definition) is 0. The van der Waals surface area contributed by atoms with Crippen molar-refractivity contribution in [1.82, 2.24) is 0 Å². The van der Waals surface area contributed by atoms with E-state index < -0.39 is 19.7 Å². The van der Waals surface area contributed by atoms with Gasteiger partial charge in [0.2, 0.25) is 0 Å². The number of hydrogen-bond acceptors (Lipinski definition) is 2. The fourth-order valence-electron chi connectivity index (χ4n) is 4.46. The molecule has 5 rings (SSSR count). The van der Waals surface area contributed by atoms with Crippen molar-refractivity contribution >= 4 is 99.1 Å². The van der Waals surface area contributed by atoms with Gasteiger partial charge in [0.05, 0.1) is 0 Å². The Kier molecular flexibility index (Phi) is 8.63. The molecule has 198 valence electrons. The molecule has 0 fully saturated rings. The summed E-state index contributed by atoms with van der Waals surface area (Å²) in [5, 5.41) is 1.66. The van der Waals surface area contributed by atoms with Crippen molar-refractivity contribution in [2.45, 2.75) is 0 Å². The summed E-state index contributed by atoms with van der Waals surface area (Å²) in [5.41, 5.74) is 0. The zero-order valence-corrected chi connectivity index (χ0v) is 28.0. The van der Waals surface area contributed by atoms with Crippen LogP contribution in [0, 0.1) is 0 Å². The van der Waals surface area contributed by atoms with Gasteiger partial charge >= 0.3 is 262 Å². The molecule has 0 radical (unpaired) electrons. The van der Waals surface area contributed by atoms with Crippen LogP contribution < -0.4 is 15.4 Å². The Labute approximate surface area is 259 Å². The molecular formula is C30H19BiCl6O2. The van der Waals surface area contributed by atoms with Gasteiger partial charge in [0.1, 0.15) is 0 Å². The molecule has 9 heteroatoms. The Morgan fingerprint density at radius 1 is 0.385 bits per heavy atom. The molecular weight excluding hydrogens is 814 g/mol. The minimum atomic E-state index is -6.01. The summed E-state index contributed by atoms with van der Waals surface area (Å²) in [6.45, 7) is 0. The van der Waals surface area contributed by atoms with Crippen molar-refractivity contribution in [2.24, 2.45) is 0 Å². The third-order valence-corrected chi connectivity index (χ3v) is 26.2. The SMILES string of the molecule is Clc1cc(Cl)c([O][Bi]([O]c2c(Cl)cc(Cl)cc2Cl)([c]2ccccc2)([c]2ccccc2)[c]2ccccc2)c(Cl)c1. The van der Waals surface area contributed by atoms with Gasteiger partial charge in [-0.05, 0) is 0 Å². The van der Waals surface area contributed by atoms with Crippen LogP contribution in [0.25, 0.3) is 0 Å². The van der Waals surface area contributed by atoms with Gasteiger partial charge in [-0.1, -0.05) is 0 Å². The van der Waals surface area contributed by atoms with Gasteiger partial charge in [-0.15, -0.1) is 0 Å². The molecule has 0 atom stereocenters. The van der Waals surface area contributed by atoms with E-state index in [1.165, 1.54) is 0 Å². The molecule has 0 bridgehead atoms. The fraction of sp³-hybridized carbons (Fsp3) is 0. The maximum absolute atomic E-state index is 7.33. The third kappa shape index (κ3) is 5.25. The summed E-state index contributed by atoms with van der Waals surface area (Å²) in [5.74, 6) is 0.460. The number of halogens is 6. The van der Waals surface area contributed by atoms with E-state index in [0.29, 0.717) is 10.0 Å². The first-order valence-electron chi connectivity index (χ1n) is 11.6. The quantitative estimate of drug-likeness (QED) is 0.153. The Hall–Kier alpha value is -1.68. The minimum absolute atomic E-state index is 0.230. The average molecular weight is 833 g/mol. The van der Waals surface area contributed by atoms with Crippen LogP contribution in [0.5, 0.6) is 11.5 Å². The van der Waals surface area contributed by atoms with Crippen LogP contribution in [0.3, 0.4) is 0 Å². The van der Waals surface area contributed by atoms with Crippen LogP contribution in [0.4, 0.5) is 0 Å². The summed E-state index contributed by atoms with van der Waals surface area (Å²) in [6, 6.07) is 35.5. The Balaban J connectivity index is 2.01. The second kappa shape index (κ2) is 11.7. The predicted octanol–water partition coefficient (Wildman–Crippen LogP) is 9.18. The van der Waals surface area contributed by atoms with Crippen molar-refractivity contribution < 1.29 is 5.63 Å².